The van der Waals surface area contributed by atoms with Crippen LogP contribution in [0.1, 0.15) is 47.1 Å². The van der Waals surface area contributed by atoms with Gasteiger partial charge in [0, 0.05) is 22.8 Å². The van der Waals surface area contributed by atoms with Crippen LogP contribution in [0.15, 0.2) is 6.20 Å². The van der Waals surface area contributed by atoms with Gasteiger partial charge in [-0.3, -0.25) is 9.59 Å². The Morgan fingerprint density at radius 1 is 0.920 bits per heavy atom. The summed E-state index contributed by atoms with van der Waals surface area (Å²) in [6, 6.07) is 0. The second-order valence-electron chi connectivity index (χ2n) is 8.03. The van der Waals surface area contributed by atoms with E-state index in [4.69, 9.17) is 0 Å². The Kier molecular flexibility index (Phi) is 6.72. The van der Waals surface area contributed by atoms with Crippen LogP contribution in [0.25, 0.3) is 0 Å². The number of nitrogens with zero attached hydrogens (tertiary/aromatic N) is 2. The molecule has 140 valence electrons. The summed E-state index contributed by atoms with van der Waals surface area (Å²) in [7, 11) is 0. The first-order valence-electron chi connectivity index (χ1n) is 8.29. The lowest BCUT2D eigenvalue weighted by atomic mass is 10.1. The average Bonchev–Trinajstić information content (AvgIpc) is 2.41. The van der Waals surface area contributed by atoms with E-state index in [2.05, 4.69) is 31.2 Å². The fraction of sp³-hybridized carbons (Fsp3) is 0.647. The number of anilines is 2. The van der Waals surface area contributed by atoms with Crippen LogP contribution in [0.2, 0.25) is 0 Å². The molecule has 8 nitrogen and oxygen atoms in total. The molecule has 25 heavy (non-hydrogen) atoms. The van der Waals surface area contributed by atoms with E-state index >= 15 is 0 Å². The monoisotopic (exact) mass is 350 g/mol. The highest BCUT2D eigenvalue weighted by molar-refractivity contribution is 5.82. The standard InChI is InChI=1S/C17H30N6O2/c1-11-8-19-15(20-10-13(25)23-17(5,6)7)21-14(11)18-9-12(24)22-16(2,3)4/h8H,9-10H2,1-7H3,(H,22,24)(H,23,25)(H2,18,19,20,21). The van der Waals surface area contributed by atoms with E-state index in [1.54, 1.807) is 6.20 Å². The van der Waals surface area contributed by atoms with Gasteiger partial charge in [-0.25, -0.2) is 4.98 Å². The van der Waals surface area contributed by atoms with Crippen molar-refractivity contribution in [2.75, 3.05) is 23.7 Å². The molecule has 0 unspecified atom stereocenters. The number of rotatable bonds is 6. The van der Waals surface area contributed by atoms with Crippen LogP contribution >= 0.6 is 0 Å². The Hall–Kier alpha value is -2.38. The quantitative estimate of drug-likeness (QED) is 0.618. The van der Waals surface area contributed by atoms with E-state index in [1.165, 1.54) is 0 Å². The molecule has 0 spiro atoms. The first-order chi connectivity index (χ1) is 11.4. The summed E-state index contributed by atoms with van der Waals surface area (Å²) in [6.07, 6.45) is 1.64. The minimum atomic E-state index is -0.292. The lowest BCUT2D eigenvalue weighted by molar-refractivity contribution is -0.121. The zero-order valence-corrected chi connectivity index (χ0v) is 16.2. The Labute approximate surface area is 149 Å². The van der Waals surface area contributed by atoms with Crippen molar-refractivity contribution in [2.24, 2.45) is 0 Å². The van der Waals surface area contributed by atoms with E-state index in [0.717, 1.165) is 5.56 Å². The molecule has 0 aliphatic rings. The molecule has 0 aliphatic heterocycles. The van der Waals surface area contributed by atoms with Crippen molar-refractivity contribution >= 4 is 23.6 Å². The van der Waals surface area contributed by atoms with Crippen LogP contribution in [0, 0.1) is 6.92 Å². The number of hydrogen-bond acceptors (Lipinski definition) is 6. The minimum Gasteiger partial charge on any atom is -0.361 e. The largest absolute Gasteiger partial charge is 0.361 e. The van der Waals surface area contributed by atoms with Crippen molar-refractivity contribution in [2.45, 2.75) is 59.5 Å². The maximum absolute atomic E-state index is 11.9. The predicted octanol–water partition coefficient (Wildman–Crippen LogP) is 1.44. The lowest BCUT2D eigenvalue weighted by Crippen LogP contribution is -2.43. The SMILES string of the molecule is Cc1cnc(NCC(=O)NC(C)(C)C)nc1NCC(=O)NC(C)(C)C. The molecule has 2 amide bonds. The summed E-state index contributed by atoms with van der Waals surface area (Å²) in [6.45, 7) is 13.5. The Balaban J connectivity index is 2.61. The molecule has 1 heterocycles. The van der Waals surface area contributed by atoms with E-state index in [-0.39, 0.29) is 36.0 Å². The molecule has 0 radical (unpaired) electrons. The maximum Gasteiger partial charge on any atom is 0.239 e. The van der Waals surface area contributed by atoms with Gasteiger partial charge in [0.15, 0.2) is 0 Å². The van der Waals surface area contributed by atoms with Crippen LogP contribution in [0.3, 0.4) is 0 Å². The summed E-state index contributed by atoms with van der Waals surface area (Å²) in [5.41, 5.74) is 0.236. The average molecular weight is 350 g/mol. The highest BCUT2D eigenvalue weighted by Crippen LogP contribution is 2.12. The smallest absolute Gasteiger partial charge is 0.239 e. The summed E-state index contributed by atoms with van der Waals surface area (Å²) in [4.78, 5) is 32.2. The van der Waals surface area contributed by atoms with Crippen molar-refractivity contribution in [3.63, 3.8) is 0 Å². The van der Waals surface area contributed by atoms with Crippen LogP contribution in [0.5, 0.6) is 0 Å². The van der Waals surface area contributed by atoms with Crippen LogP contribution in [-0.2, 0) is 9.59 Å². The first kappa shape index (κ1) is 20.7. The van der Waals surface area contributed by atoms with E-state index < -0.39 is 0 Å². The van der Waals surface area contributed by atoms with Crippen molar-refractivity contribution in [1.82, 2.24) is 20.6 Å². The number of aryl methyl sites for hydroxylation is 1. The first-order valence-corrected chi connectivity index (χ1v) is 8.29. The molecule has 0 saturated carbocycles. The summed E-state index contributed by atoms with van der Waals surface area (Å²) in [5, 5.41) is 11.6. The minimum absolute atomic E-state index is 0.0737. The number of amides is 2. The fourth-order valence-electron chi connectivity index (χ4n) is 1.95. The molecular weight excluding hydrogens is 320 g/mol. The number of carbonyl (C=O) groups excluding carboxylic acids is 2. The molecule has 1 aromatic heterocycles. The molecular formula is C17H30N6O2. The van der Waals surface area contributed by atoms with Gasteiger partial charge in [0.1, 0.15) is 5.82 Å². The highest BCUT2D eigenvalue weighted by Gasteiger charge is 2.15. The van der Waals surface area contributed by atoms with Gasteiger partial charge in [-0.1, -0.05) is 0 Å². The van der Waals surface area contributed by atoms with Gasteiger partial charge in [0.2, 0.25) is 17.8 Å². The van der Waals surface area contributed by atoms with Crippen molar-refractivity contribution in [3.8, 4) is 0 Å². The molecule has 0 saturated heterocycles. The summed E-state index contributed by atoms with van der Waals surface area (Å²) in [5.74, 6) is 0.617. The highest BCUT2D eigenvalue weighted by atomic mass is 16.2. The molecule has 0 fully saturated rings. The van der Waals surface area contributed by atoms with E-state index in [1.807, 2.05) is 48.5 Å². The summed E-state index contributed by atoms with van der Waals surface area (Å²) >= 11 is 0. The van der Waals surface area contributed by atoms with Crippen LogP contribution in [0.4, 0.5) is 11.8 Å². The molecule has 0 bridgehead atoms. The van der Waals surface area contributed by atoms with E-state index in [0.29, 0.717) is 11.8 Å². The molecule has 1 rings (SSSR count). The lowest BCUT2D eigenvalue weighted by Gasteiger charge is -2.21. The Morgan fingerprint density at radius 3 is 1.88 bits per heavy atom. The second-order valence-corrected chi connectivity index (χ2v) is 8.03. The van der Waals surface area contributed by atoms with Crippen molar-refractivity contribution < 1.29 is 9.59 Å². The van der Waals surface area contributed by atoms with Gasteiger partial charge in [-0.2, -0.15) is 4.98 Å². The maximum atomic E-state index is 11.9. The third-order valence-electron chi connectivity index (χ3n) is 2.82. The van der Waals surface area contributed by atoms with Crippen LogP contribution in [-0.4, -0.2) is 45.9 Å². The fourth-order valence-corrected chi connectivity index (χ4v) is 1.95. The van der Waals surface area contributed by atoms with Crippen LogP contribution < -0.4 is 21.3 Å². The summed E-state index contributed by atoms with van der Waals surface area (Å²) < 4.78 is 0. The van der Waals surface area contributed by atoms with E-state index in [9.17, 15) is 9.59 Å². The number of aromatic nitrogens is 2. The molecule has 1 aromatic rings. The third kappa shape index (κ3) is 8.88. The molecule has 4 N–H and O–H groups in total. The van der Waals surface area contributed by atoms with Gasteiger partial charge in [0.05, 0.1) is 13.1 Å². The molecule has 0 aliphatic carbocycles. The van der Waals surface area contributed by atoms with Gasteiger partial charge >= 0.3 is 0 Å². The van der Waals surface area contributed by atoms with Gasteiger partial charge in [0.25, 0.3) is 0 Å². The number of hydrogen-bond donors (Lipinski definition) is 4. The van der Waals surface area contributed by atoms with Gasteiger partial charge < -0.3 is 21.3 Å². The second kappa shape index (κ2) is 8.13. The molecule has 0 aromatic carbocycles. The zero-order valence-electron chi connectivity index (χ0n) is 16.2. The Morgan fingerprint density at radius 2 is 1.40 bits per heavy atom. The Bertz CT molecular complexity index is 617. The zero-order chi connectivity index (χ0) is 19.3. The van der Waals surface area contributed by atoms with Gasteiger partial charge in [-0.15, -0.1) is 0 Å². The topological polar surface area (TPSA) is 108 Å². The molecule has 8 heteroatoms. The van der Waals surface area contributed by atoms with Crippen molar-refractivity contribution in [3.05, 3.63) is 11.8 Å². The van der Waals surface area contributed by atoms with Gasteiger partial charge in [-0.05, 0) is 48.5 Å². The predicted molar refractivity (Wildman–Crippen MR) is 99.5 cm³/mol. The number of carbonyl (C=O) groups is 2. The normalized spacial score (nSPS) is 11.6. The third-order valence-corrected chi connectivity index (χ3v) is 2.82. The van der Waals surface area contributed by atoms with Crippen molar-refractivity contribution in [1.29, 1.82) is 0 Å². The number of nitrogens with one attached hydrogen (secondary N) is 4. The molecule has 0 atom stereocenters.